The number of ether oxygens (including phenoxy) is 2. The lowest BCUT2D eigenvalue weighted by Crippen LogP contribution is -2.40. The summed E-state index contributed by atoms with van der Waals surface area (Å²) in [4.78, 5) is 1.09. The number of hydrogen-bond donors (Lipinski definition) is 1. The van der Waals surface area contributed by atoms with Gasteiger partial charge in [-0.3, -0.25) is 0 Å². The maximum atomic E-state index is 13.4. The number of aryl methyl sites for hydroxylation is 1. The van der Waals surface area contributed by atoms with Crippen molar-refractivity contribution in [3.05, 3.63) is 94.9 Å². The Morgan fingerprint density at radius 2 is 1.79 bits per heavy atom. The molecule has 1 N–H and O–H groups in total. The van der Waals surface area contributed by atoms with Crippen LogP contribution >= 0.6 is 11.6 Å². The Labute approximate surface area is 226 Å². The zero-order valence-corrected chi connectivity index (χ0v) is 21.7. The van der Waals surface area contributed by atoms with Crippen molar-refractivity contribution in [1.82, 2.24) is 4.90 Å². The van der Waals surface area contributed by atoms with Crippen LogP contribution in [0.15, 0.2) is 78.7 Å². The summed E-state index contributed by atoms with van der Waals surface area (Å²) in [5, 5.41) is 10.3. The van der Waals surface area contributed by atoms with Crippen molar-refractivity contribution in [3.63, 3.8) is 0 Å². The molecule has 4 nitrogen and oxygen atoms in total. The molecule has 0 unspecified atom stereocenters. The Bertz CT molecular complexity index is 1180. The zero-order valence-electron chi connectivity index (χ0n) is 21.0. The highest BCUT2D eigenvalue weighted by Crippen LogP contribution is 2.30. The topological polar surface area (TPSA) is 41.9 Å². The first-order chi connectivity index (χ1) is 18.2. The molecule has 0 radical (unpaired) electrons. The number of nitrogens with zero attached hydrogens (tertiary/aromatic N) is 1. The molecule has 0 saturated carbocycles. The maximum absolute atomic E-state index is 13.4. The highest BCUT2D eigenvalue weighted by Gasteiger charge is 2.44. The van der Waals surface area contributed by atoms with Crippen LogP contribution in [0.2, 0.25) is 5.02 Å². The minimum Gasteiger partial charge on any atom is -0.458 e. The number of allylic oxidation sites excluding steroid dienone is 3. The number of aliphatic hydroxyl groups excluding tert-OH is 1. The molecule has 1 atom stereocenters. The molecule has 12 heteroatoms. The first-order valence-corrected chi connectivity index (χ1v) is 12.0. The van der Waals surface area contributed by atoms with E-state index in [4.69, 9.17) is 16.3 Å². The lowest BCUT2D eigenvalue weighted by molar-refractivity contribution is -0.253. The molecular formula is C27H27ClF7NO3. The van der Waals surface area contributed by atoms with Gasteiger partial charge in [0.1, 0.15) is 17.3 Å². The fourth-order valence-corrected chi connectivity index (χ4v) is 3.57. The van der Waals surface area contributed by atoms with Crippen molar-refractivity contribution >= 4 is 11.6 Å². The molecule has 0 aliphatic rings. The van der Waals surface area contributed by atoms with Crippen LogP contribution < -0.4 is 9.47 Å². The molecule has 39 heavy (non-hydrogen) atoms. The van der Waals surface area contributed by atoms with Gasteiger partial charge < -0.3 is 19.5 Å². The van der Waals surface area contributed by atoms with E-state index < -0.39 is 37.1 Å². The standard InChI is InChI=1S/C27H27ClF7NO3/c1-4-18-13-21(10-11-23(18)28)38-20(6-3)14-19(5-2)36(16-24(37)26(31,32)33)15-17-8-7-9-22(12-17)39-27(34,35)25(29)30/h5-14,24-25,37H,2,4,15-16H2,1,3H3/b19-14+,20-6+/t24-/m1/s1. The van der Waals surface area contributed by atoms with E-state index in [-0.39, 0.29) is 23.6 Å². The monoisotopic (exact) mass is 581 g/mol. The Hall–Kier alpha value is -3.18. The van der Waals surface area contributed by atoms with Gasteiger partial charge >= 0.3 is 18.7 Å². The molecule has 2 aromatic rings. The van der Waals surface area contributed by atoms with Gasteiger partial charge in [0.25, 0.3) is 0 Å². The third kappa shape index (κ3) is 9.50. The average Bonchev–Trinajstić information content (AvgIpc) is 2.86. The minimum absolute atomic E-state index is 0.0836. The maximum Gasteiger partial charge on any atom is 0.461 e. The van der Waals surface area contributed by atoms with Crippen LogP contribution in [-0.4, -0.2) is 41.4 Å². The molecule has 0 aliphatic carbocycles. The number of aliphatic hydroxyl groups is 1. The predicted octanol–water partition coefficient (Wildman–Crippen LogP) is 7.92. The molecule has 214 valence electrons. The molecule has 0 heterocycles. The molecule has 0 spiro atoms. The van der Waals surface area contributed by atoms with Crippen molar-refractivity contribution in [3.8, 4) is 11.5 Å². The highest BCUT2D eigenvalue weighted by atomic mass is 35.5. The van der Waals surface area contributed by atoms with Gasteiger partial charge in [-0.15, -0.1) is 0 Å². The summed E-state index contributed by atoms with van der Waals surface area (Å²) in [7, 11) is 0. The number of hydrogen-bond acceptors (Lipinski definition) is 4. The van der Waals surface area contributed by atoms with Crippen molar-refractivity contribution in [2.75, 3.05) is 6.54 Å². The third-order valence-electron chi connectivity index (χ3n) is 5.33. The second-order valence-electron chi connectivity index (χ2n) is 8.22. The van der Waals surface area contributed by atoms with Crippen LogP contribution in [0.3, 0.4) is 0 Å². The van der Waals surface area contributed by atoms with Crippen molar-refractivity contribution in [2.24, 2.45) is 0 Å². The van der Waals surface area contributed by atoms with Gasteiger partial charge in [-0.05, 0) is 67.0 Å². The van der Waals surface area contributed by atoms with Crippen molar-refractivity contribution < 1.29 is 45.3 Å². The smallest absolute Gasteiger partial charge is 0.458 e. The van der Waals surface area contributed by atoms with Crippen molar-refractivity contribution in [2.45, 2.75) is 51.6 Å². The summed E-state index contributed by atoms with van der Waals surface area (Å²) in [6.07, 6.45) is -11.8. The molecule has 0 aliphatic heterocycles. The van der Waals surface area contributed by atoms with Crippen LogP contribution in [0.4, 0.5) is 30.7 Å². The molecule has 0 fully saturated rings. The van der Waals surface area contributed by atoms with Gasteiger partial charge in [-0.1, -0.05) is 37.2 Å². The molecule has 0 saturated heterocycles. The summed E-state index contributed by atoms with van der Waals surface area (Å²) in [6.45, 7) is 5.84. The quantitative estimate of drug-likeness (QED) is 0.148. The summed E-state index contributed by atoms with van der Waals surface area (Å²) in [6, 6.07) is 9.53. The summed E-state index contributed by atoms with van der Waals surface area (Å²) in [5.74, 6) is 0.00956. The number of halogens is 8. The molecule has 2 rings (SSSR count). The van der Waals surface area contributed by atoms with Crippen LogP contribution in [0, 0.1) is 0 Å². The van der Waals surface area contributed by atoms with E-state index in [1.54, 1.807) is 31.2 Å². The second kappa shape index (κ2) is 13.7. The van der Waals surface area contributed by atoms with E-state index in [0.717, 1.165) is 22.6 Å². The molecular weight excluding hydrogens is 555 g/mol. The normalized spacial score (nSPS) is 13.8. The lowest BCUT2D eigenvalue weighted by Gasteiger charge is -2.29. The van der Waals surface area contributed by atoms with E-state index in [1.807, 2.05) is 6.92 Å². The average molecular weight is 582 g/mol. The minimum atomic E-state index is -4.96. The SMILES string of the molecule is C=C/C(=C\C(=C/C)Oc1ccc(Cl)c(CC)c1)N(Cc1cccc(OC(F)(F)C(F)F)c1)C[C@@H](O)C(F)(F)F. The first-order valence-electron chi connectivity index (χ1n) is 11.6. The first kappa shape index (κ1) is 32.0. The molecule has 0 aromatic heterocycles. The van der Waals surface area contributed by atoms with Gasteiger partial charge in [0, 0.05) is 23.3 Å². The van der Waals surface area contributed by atoms with E-state index in [0.29, 0.717) is 17.2 Å². The van der Waals surface area contributed by atoms with Crippen LogP contribution in [0.5, 0.6) is 11.5 Å². The Morgan fingerprint density at radius 1 is 1.10 bits per heavy atom. The van der Waals surface area contributed by atoms with E-state index in [2.05, 4.69) is 11.3 Å². The number of rotatable bonds is 13. The molecule has 0 amide bonds. The predicted molar refractivity (Wildman–Crippen MR) is 134 cm³/mol. The summed E-state index contributed by atoms with van der Waals surface area (Å²) in [5.41, 5.74) is 1.03. The van der Waals surface area contributed by atoms with E-state index in [9.17, 15) is 35.8 Å². The van der Waals surface area contributed by atoms with Gasteiger partial charge in [0.15, 0.2) is 6.10 Å². The lowest BCUT2D eigenvalue weighted by atomic mass is 10.1. The fraction of sp³-hybridized carbons (Fsp3) is 0.333. The zero-order chi connectivity index (χ0) is 29.4. The van der Waals surface area contributed by atoms with Gasteiger partial charge in [0.2, 0.25) is 0 Å². The summed E-state index contributed by atoms with van der Waals surface area (Å²) >= 11 is 6.13. The second-order valence-corrected chi connectivity index (χ2v) is 8.63. The summed E-state index contributed by atoms with van der Waals surface area (Å²) < 4.78 is 101. The third-order valence-corrected chi connectivity index (χ3v) is 5.70. The Balaban J connectivity index is 2.41. The van der Waals surface area contributed by atoms with E-state index >= 15 is 0 Å². The largest absolute Gasteiger partial charge is 0.461 e. The van der Waals surface area contributed by atoms with Crippen LogP contribution in [-0.2, 0) is 13.0 Å². The Morgan fingerprint density at radius 3 is 2.36 bits per heavy atom. The highest BCUT2D eigenvalue weighted by molar-refractivity contribution is 6.31. The molecule has 2 aromatic carbocycles. The Kier molecular flexibility index (Phi) is 11.3. The number of alkyl halides is 7. The van der Waals surface area contributed by atoms with Gasteiger partial charge in [-0.25, -0.2) is 0 Å². The van der Waals surface area contributed by atoms with Gasteiger partial charge in [-0.2, -0.15) is 30.7 Å². The number of benzene rings is 2. The van der Waals surface area contributed by atoms with Crippen LogP contribution in [0.25, 0.3) is 0 Å². The van der Waals surface area contributed by atoms with E-state index in [1.165, 1.54) is 24.3 Å². The van der Waals surface area contributed by atoms with Crippen LogP contribution in [0.1, 0.15) is 25.0 Å². The molecule has 0 bridgehead atoms. The van der Waals surface area contributed by atoms with Crippen molar-refractivity contribution in [1.29, 1.82) is 0 Å². The fourth-order valence-electron chi connectivity index (χ4n) is 3.32. The van der Waals surface area contributed by atoms with Gasteiger partial charge in [0.05, 0.1) is 6.54 Å².